The molecule has 1 aliphatic heterocycles. The first-order valence-electron chi connectivity index (χ1n) is 9.36. The molecule has 1 aliphatic rings. The van der Waals surface area contributed by atoms with Crippen LogP contribution in [0.2, 0.25) is 0 Å². The van der Waals surface area contributed by atoms with Crippen LogP contribution in [0.15, 0.2) is 60.7 Å². The number of unbranched alkanes of at least 4 members (excludes halogenated alkanes) is 1. The Morgan fingerprint density at radius 1 is 0.962 bits per heavy atom. The van der Waals surface area contributed by atoms with Crippen LogP contribution in [0.5, 0.6) is 0 Å². The van der Waals surface area contributed by atoms with Crippen LogP contribution in [-0.2, 0) is 22.6 Å². The van der Waals surface area contributed by atoms with E-state index in [0.717, 1.165) is 24.8 Å². The molecule has 0 aromatic heterocycles. The van der Waals surface area contributed by atoms with Crippen LogP contribution < -0.4 is 5.32 Å². The maximum absolute atomic E-state index is 12.3. The molecule has 1 atom stereocenters. The van der Waals surface area contributed by atoms with Gasteiger partial charge in [-0.15, -0.1) is 0 Å². The second-order valence-electron chi connectivity index (χ2n) is 6.89. The molecule has 0 radical (unpaired) electrons. The number of likely N-dealkylation sites (tertiary alicyclic amines) is 1. The van der Waals surface area contributed by atoms with E-state index in [9.17, 15) is 9.59 Å². The largest absolute Gasteiger partial charge is 0.356 e. The van der Waals surface area contributed by atoms with Crippen molar-refractivity contribution in [1.29, 1.82) is 0 Å². The van der Waals surface area contributed by atoms with Crippen molar-refractivity contribution in [2.24, 2.45) is 5.92 Å². The first kappa shape index (κ1) is 18.2. The van der Waals surface area contributed by atoms with Gasteiger partial charge in [-0.05, 0) is 30.4 Å². The third-order valence-electron chi connectivity index (χ3n) is 4.84. The maximum Gasteiger partial charge on any atom is 0.225 e. The van der Waals surface area contributed by atoms with Crippen molar-refractivity contribution in [3.05, 3.63) is 71.8 Å². The summed E-state index contributed by atoms with van der Waals surface area (Å²) in [6.07, 6.45) is 3.36. The van der Waals surface area contributed by atoms with E-state index < -0.39 is 0 Å². The summed E-state index contributed by atoms with van der Waals surface area (Å²) in [4.78, 5) is 26.3. The molecule has 1 N–H and O–H groups in total. The summed E-state index contributed by atoms with van der Waals surface area (Å²) in [7, 11) is 0. The molecular formula is C22H26N2O2. The first-order chi connectivity index (χ1) is 12.7. The van der Waals surface area contributed by atoms with Gasteiger partial charge >= 0.3 is 0 Å². The Kier molecular flexibility index (Phi) is 6.42. The predicted octanol–water partition coefficient (Wildman–Crippen LogP) is 3.17. The molecular weight excluding hydrogens is 324 g/mol. The highest BCUT2D eigenvalue weighted by atomic mass is 16.2. The fraction of sp³-hybridized carbons (Fsp3) is 0.364. The van der Waals surface area contributed by atoms with Gasteiger partial charge in [0.2, 0.25) is 11.8 Å². The van der Waals surface area contributed by atoms with Gasteiger partial charge in [0.1, 0.15) is 0 Å². The van der Waals surface area contributed by atoms with Crippen molar-refractivity contribution in [1.82, 2.24) is 10.2 Å². The van der Waals surface area contributed by atoms with Crippen LogP contribution in [-0.4, -0.2) is 29.8 Å². The molecule has 136 valence electrons. The van der Waals surface area contributed by atoms with E-state index in [1.165, 1.54) is 5.56 Å². The average Bonchev–Trinajstić information content (AvgIpc) is 3.03. The van der Waals surface area contributed by atoms with Gasteiger partial charge in [0.25, 0.3) is 0 Å². The van der Waals surface area contributed by atoms with Crippen molar-refractivity contribution in [2.75, 3.05) is 13.1 Å². The molecule has 4 nitrogen and oxygen atoms in total. The van der Waals surface area contributed by atoms with Crippen LogP contribution >= 0.6 is 0 Å². The number of nitrogens with one attached hydrogen (secondary N) is 1. The molecule has 3 rings (SSSR count). The van der Waals surface area contributed by atoms with E-state index in [2.05, 4.69) is 29.6 Å². The van der Waals surface area contributed by atoms with E-state index in [1.54, 1.807) is 4.90 Å². The zero-order valence-corrected chi connectivity index (χ0v) is 15.1. The fourth-order valence-electron chi connectivity index (χ4n) is 3.36. The SMILES string of the molecule is O=C(NCCCCc1ccccc1)[C@H]1CC(=O)N(Cc2ccccc2)C1. The number of amides is 2. The molecule has 1 heterocycles. The average molecular weight is 350 g/mol. The van der Waals surface area contributed by atoms with Crippen LogP contribution in [0.1, 0.15) is 30.4 Å². The Labute approximate surface area is 155 Å². The minimum absolute atomic E-state index is 0.00798. The van der Waals surface area contributed by atoms with Gasteiger partial charge in [0.15, 0.2) is 0 Å². The Balaban J connectivity index is 1.36. The molecule has 0 saturated carbocycles. The van der Waals surface area contributed by atoms with Gasteiger partial charge in [-0.25, -0.2) is 0 Å². The fourth-order valence-corrected chi connectivity index (χ4v) is 3.36. The molecule has 0 aliphatic carbocycles. The van der Waals surface area contributed by atoms with Gasteiger partial charge in [-0.2, -0.15) is 0 Å². The van der Waals surface area contributed by atoms with Crippen molar-refractivity contribution in [3.8, 4) is 0 Å². The Morgan fingerprint density at radius 2 is 1.62 bits per heavy atom. The number of benzene rings is 2. The van der Waals surface area contributed by atoms with Crippen LogP contribution in [0.3, 0.4) is 0 Å². The van der Waals surface area contributed by atoms with Crippen molar-refractivity contribution in [2.45, 2.75) is 32.2 Å². The summed E-state index contributed by atoms with van der Waals surface area (Å²) in [5, 5.41) is 3.00. The van der Waals surface area contributed by atoms with Gasteiger partial charge in [0, 0.05) is 26.1 Å². The summed E-state index contributed by atoms with van der Waals surface area (Å²) < 4.78 is 0. The van der Waals surface area contributed by atoms with E-state index >= 15 is 0 Å². The third kappa shape index (κ3) is 5.19. The molecule has 4 heteroatoms. The summed E-state index contributed by atoms with van der Waals surface area (Å²) in [6, 6.07) is 20.3. The van der Waals surface area contributed by atoms with Gasteiger partial charge in [-0.3, -0.25) is 9.59 Å². The van der Waals surface area contributed by atoms with Crippen LogP contribution in [0.4, 0.5) is 0 Å². The summed E-state index contributed by atoms with van der Waals surface area (Å²) >= 11 is 0. The molecule has 2 amide bonds. The van der Waals surface area contributed by atoms with E-state index in [-0.39, 0.29) is 17.7 Å². The minimum atomic E-state index is -0.222. The monoisotopic (exact) mass is 350 g/mol. The molecule has 0 unspecified atom stereocenters. The zero-order valence-electron chi connectivity index (χ0n) is 15.1. The molecule has 0 spiro atoms. The standard InChI is InChI=1S/C22H26N2O2/c25-21-15-20(17-24(21)16-19-12-5-2-6-13-19)22(26)23-14-8-7-11-18-9-3-1-4-10-18/h1-6,9-10,12-13,20H,7-8,11,14-17H2,(H,23,26)/t20-/m0/s1. The lowest BCUT2D eigenvalue weighted by Crippen LogP contribution is -2.33. The van der Waals surface area contributed by atoms with E-state index in [4.69, 9.17) is 0 Å². The number of aryl methyl sites for hydroxylation is 1. The Bertz CT molecular complexity index is 715. The maximum atomic E-state index is 12.3. The Morgan fingerprint density at radius 3 is 2.31 bits per heavy atom. The number of hydrogen-bond donors (Lipinski definition) is 1. The number of rotatable bonds is 8. The van der Waals surface area contributed by atoms with Crippen LogP contribution in [0.25, 0.3) is 0 Å². The molecule has 2 aromatic carbocycles. The highest BCUT2D eigenvalue weighted by Crippen LogP contribution is 2.20. The highest BCUT2D eigenvalue weighted by molar-refractivity contribution is 5.89. The zero-order chi connectivity index (χ0) is 18.2. The molecule has 1 saturated heterocycles. The lowest BCUT2D eigenvalue weighted by atomic mass is 10.1. The van der Waals surface area contributed by atoms with Crippen molar-refractivity contribution < 1.29 is 9.59 Å². The molecule has 1 fully saturated rings. The highest BCUT2D eigenvalue weighted by Gasteiger charge is 2.33. The van der Waals surface area contributed by atoms with Gasteiger partial charge in [0.05, 0.1) is 5.92 Å². The topological polar surface area (TPSA) is 49.4 Å². The summed E-state index contributed by atoms with van der Waals surface area (Å²) in [5.74, 6) is -0.146. The Hall–Kier alpha value is -2.62. The lowest BCUT2D eigenvalue weighted by Gasteiger charge is -2.16. The second kappa shape index (κ2) is 9.18. The smallest absolute Gasteiger partial charge is 0.225 e. The summed E-state index contributed by atoms with van der Waals surface area (Å²) in [5.41, 5.74) is 2.43. The van der Waals surface area contributed by atoms with Crippen molar-refractivity contribution >= 4 is 11.8 Å². The predicted molar refractivity (Wildman–Crippen MR) is 102 cm³/mol. The lowest BCUT2D eigenvalue weighted by molar-refractivity contribution is -0.129. The molecule has 0 bridgehead atoms. The number of hydrogen-bond acceptors (Lipinski definition) is 2. The van der Waals surface area contributed by atoms with E-state index in [0.29, 0.717) is 26.1 Å². The van der Waals surface area contributed by atoms with Gasteiger partial charge in [-0.1, -0.05) is 60.7 Å². The third-order valence-corrected chi connectivity index (χ3v) is 4.84. The molecule has 2 aromatic rings. The second-order valence-corrected chi connectivity index (χ2v) is 6.89. The first-order valence-corrected chi connectivity index (χ1v) is 9.36. The van der Waals surface area contributed by atoms with Crippen molar-refractivity contribution in [3.63, 3.8) is 0 Å². The normalized spacial score (nSPS) is 16.7. The number of nitrogens with zero attached hydrogens (tertiary/aromatic N) is 1. The number of carbonyl (C=O) groups is 2. The quantitative estimate of drug-likeness (QED) is 0.744. The minimum Gasteiger partial charge on any atom is -0.356 e. The van der Waals surface area contributed by atoms with Gasteiger partial charge < -0.3 is 10.2 Å². The van der Waals surface area contributed by atoms with Crippen LogP contribution in [0, 0.1) is 5.92 Å². The van der Waals surface area contributed by atoms with E-state index in [1.807, 2.05) is 36.4 Å². The molecule has 26 heavy (non-hydrogen) atoms. The summed E-state index contributed by atoms with van der Waals surface area (Å²) in [6.45, 7) is 1.78. The number of carbonyl (C=O) groups excluding carboxylic acids is 2.